The van der Waals surface area contributed by atoms with Gasteiger partial charge in [-0.2, -0.15) is 0 Å². The van der Waals surface area contributed by atoms with E-state index in [1.165, 1.54) is 19.3 Å². The molecule has 3 N–H and O–H groups in total. The summed E-state index contributed by atoms with van der Waals surface area (Å²) in [5, 5.41) is 3.09. The minimum Gasteiger partial charge on any atom is -0.327 e. The van der Waals surface area contributed by atoms with E-state index in [-0.39, 0.29) is 11.8 Å². The predicted molar refractivity (Wildman–Crippen MR) is 102 cm³/mol. The maximum atomic E-state index is 12.7. The molecule has 2 aromatic rings. The van der Waals surface area contributed by atoms with Crippen LogP contribution in [0, 0.1) is 24.7 Å². The van der Waals surface area contributed by atoms with Gasteiger partial charge in [0.15, 0.2) is 5.82 Å². The van der Waals surface area contributed by atoms with E-state index in [0.29, 0.717) is 23.7 Å². The molecule has 0 spiro atoms. The molecule has 2 bridgehead atoms. The number of nitrogens with two attached hydrogens (primary N) is 1. The number of anilines is 1. The van der Waals surface area contributed by atoms with Crippen molar-refractivity contribution in [2.24, 2.45) is 23.5 Å². The average molecular weight is 350 g/mol. The summed E-state index contributed by atoms with van der Waals surface area (Å²) in [5.41, 5.74) is 9.05. The number of aryl methyl sites for hydroxylation is 1. The van der Waals surface area contributed by atoms with Gasteiger partial charge < -0.3 is 11.1 Å². The maximum absolute atomic E-state index is 12.7. The van der Waals surface area contributed by atoms with E-state index < -0.39 is 0 Å². The highest BCUT2D eigenvalue weighted by Gasteiger charge is 2.40. The molecule has 2 aliphatic rings. The number of amides is 1. The number of hydrogen-bond acceptors (Lipinski definition) is 4. The Morgan fingerprint density at radius 3 is 2.46 bits per heavy atom. The van der Waals surface area contributed by atoms with Crippen molar-refractivity contribution in [3.05, 3.63) is 42.2 Å². The van der Waals surface area contributed by atoms with Crippen LogP contribution in [0.2, 0.25) is 0 Å². The molecule has 26 heavy (non-hydrogen) atoms. The standard InChI is InChI=1S/C21H26N4O/c1-13-9-10-23-20(24-13)14-5-7-18(8-6-14)25-21(26)17-11-15-3-2-4-16(12-17)19(15)22/h5-10,15-17,19H,2-4,11-12,22H2,1H3,(H,25,26). The van der Waals surface area contributed by atoms with E-state index in [2.05, 4.69) is 15.3 Å². The number of nitrogens with one attached hydrogen (secondary N) is 1. The lowest BCUT2D eigenvalue weighted by Gasteiger charge is -2.43. The average Bonchev–Trinajstić information content (AvgIpc) is 2.62. The summed E-state index contributed by atoms with van der Waals surface area (Å²) in [6.07, 6.45) is 7.23. The predicted octanol–water partition coefficient (Wildman–Crippen LogP) is 3.54. The van der Waals surface area contributed by atoms with Crippen molar-refractivity contribution in [2.75, 3.05) is 5.32 Å². The van der Waals surface area contributed by atoms with Crippen molar-refractivity contribution >= 4 is 11.6 Å². The van der Waals surface area contributed by atoms with Gasteiger partial charge in [-0.25, -0.2) is 9.97 Å². The molecule has 136 valence electrons. The van der Waals surface area contributed by atoms with Crippen molar-refractivity contribution in [1.82, 2.24) is 9.97 Å². The van der Waals surface area contributed by atoms with Gasteiger partial charge in [-0.15, -0.1) is 0 Å². The molecule has 1 heterocycles. The summed E-state index contributed by atoms with van der Waals surface area (Å²) < 4.78 is 0. The molecule has 0 saturated heterocycles. The molecule has 5 nitrogen and oxygen atoms in total. The fourth-order valence-electron chi connectivity index (χ4n) is 4.54. The van der Waals surface area contributed by atoms with Gasteiger partial charge in [-0.1, -0.05) is 6.42 Å². The molecule has 2 saturated carbocycles. The molecule has 0 aliphatic heterocycles. The largest absolute Gasteiger partial charge is 0.327 e. The number of rotatable bonds is 3. The zero-order valence-corrected chi connectivity index (χ0v) is 15.2. The Balaban J connectivity index is 1.42. The minimum absolute atomic E-state index is 0.0879. The van der Waals surface area contributed by atoms with Crippen LogP contribution in [0.25, 0.3) is 11.4 Å². The number of aromatic nitrogens is 2. The van der Waals surface area contributed by atoms with E-state index in [1.54, 1.807) is 6.20 Å². The summed E-state index contributed by atoms with van der Waals surface area (Å²) in [5.74, 6) is 1.95. The van der Waals surface area contributed by atoms with Crippen molar-refractivity contribution in [3.63, 3.8) is 0 Å². The molecule has 2 aliphatic carbocycles. The van der Waals surface area contributed by atoms with Gasteiger partial charge in [0.2, 0.25) is 5.91 Å². The number of nitrogens with zero attached hydrogens (tertiary/aromatic N) is 2. The van der Waals surface area contributed by atoms with E-state index in [9.17, 15) is 4.79 Å². The van der Waals surface area contributed by atoms with Gasteiger partial charge in [0.1, 0.15) is 0 Å². The molecule has 5 heteroatoms. The Labute approximate surface area is 154 Å². The van der Waals surface area contributed by atoms with Crippen LogP contribution in [0.5, 0.6) is 0 Å². The first-order valence-electron chi connectivity index (χ1n) is 9.56. The second-order valence-electron chi connectivity index (χ2n) is 7.78. The number of carbonyl (C=O) groups is 1. The second kappa shape index (κ2) is 7.16. The lowest BCUT2D eigenvalue weighted by atomic mass is 9.65. The van der Waals surface area contributed by atoms with E-state index in [1.807, 2.05) is 37.3 Å². The molecular weight excluding hydrogens is 324 g/mol. The third-order valence-corrected chi connectivity index (χ3v) is 5.99. The van der Waals surface area contributed by atoms with Crippen LogP contribution in [-0.4, -0.2) is 21.9 Å². The van der Waals surface area contributed by atoms with Crippen molar-refractivity contribution in [3.8, 4) is 11.4 Å². The van der Waals surface area contributed by atoms with Crippen LogP contribution in [0.1, 0.15) is 37.8 Å². The highest BCUT2D eigenvalue weighted by molar-refractivity contribution is 5.92. The lowest BCUT2D eigenvalue weighted by Crippen LogP contribution is -2.48. The quantitative estimate of drug-likeness (QED) is 0.887. The zero-order valence-electron chi connectivity index (χ0n) is 15.2. The number of fused-ring (bicyclic) bond motifs is 2. The van der Waals surface area contributed by atoms with Crippen LogP contribution in [0.3, 0.4) is 0 Å². The van der Waals surface area contributed by atoms with Crippen LogP contribution in [-0.2, 0) is 4.79 Å². The molecule has 2 unspecified atom stereocenters. The van der Waals surface area contributed by atoms with E-state index in [0.717, 1.165) is 29.8 Å². The Kier molecular flexibility index (Phi) is 4.72. The number of hydrogen-bond donors (Lipinski definition) is 2. The molecule has 2 atom stereocenters. The summed E-state index contributed by atoms with van der Waals surface area (Å²) in [6.45, 7) is 1.95. The first-order chi connectivity index (χ1) is 12.6. The molecule has 1 aromatic carbocycles. The smallest absolute Gasteiger partial charge is 0.227 e. The molecule has 1 aromatic heterocycles. The Morgan fingerprint density at radius 1 is 1.12 bits per heavy atom. The van der Waals surface area contributed by atoms with Gasteiger partial charge in [-0.05, 0) is 74.8 Å². The minimum atomic E-state index is 0.0879. The summed E-state index contributed by atoms with van der Waals surface area (Å²) in [4.78, 5) is 21.5. The fourth-order valence-corrected chi connectivity index (χ4v) is 4.54. The molecule has 0 radical (unpaired) electrons. The normalized spacial score (nSPS) is 27.8. The third-order valence-electron chi connectivity index (χ3n) is 5.99. The summed E-state index contributed by atoms with van der Waals surface area (Å²) >= 11 is 0. The Morgan fingerprint density at radius 2 is 1.81 bits per heavy atom. The molecule has 4 rings (SSSR count). The monoisotopic (exact) mass is 350 g/mol. The highest BCUT2D eigenvalue weighted by Crippen LogP contribution is 2.42. The zero-order chi connectivity index (χ0) is 18.1. The molecular formula is C21H26N4O. The van der Waals surface area contributed by atoms with Crippen molar-refractivity contribution in [1.29, 1.82) is 0 Å². The van der Waals surface area contributed by atoms with E-state index >= 15 is 0 Å². The SMILES string of the molecule is Cc1ccnc(-c2ccc(NC(=O)C3CC4CCCC(C3)C4N)cc2)n1. The summed E-state index contributed by atoms with van der Waals surface area (Å²) in [6, 6.07) is 9.93. The third kappa shape index (κ3) is 3.49. The maximum Gasteiger partial charge on any atom is 0.227 e. The van der Waals surface area contributed by atoms with Crippen LogP contribution in [0.4, 0.5) is 5.69 Å². The second-order valence-corrected chi connectivity index (χ2v) is 7.78. The molecule has 1 amide bonds. The van der Waals surface area contributed by atoms with Gasteiger partial charge in [0.05, 0.1) is 0 Å². The van der Waals surface area contributed by atoms with Crippen molar-refractivity contribution < 1.29 is 4.79 Å². The van der Waals surface area contributed by atoms with Crippen molar-refractivity contribution in [2.45, 2.75) is 45.1 Å². The first-order valence-corrected chi connectivity index (χ1v) is 9.56. The van der Waals surface area contributed by atoms with Crippen LogP contribution >= 0.6 is 0 Å². The Hall–Kier alpha value is -2.27. The van der Waals surface area contributed by atoms with Gasteiger partial charge >= 0.3 is 0 Å². The van der Waals surface area contributed by atoms with Gasteiger partial charge in [-0.3, -0.25) is 4.79 Å². The van der Waals surface area contributed by atoms with Crippen LogP contribution < -0.4 is 11.1 Å². The van der Waals surface area contributed by atoms with Gasteiger partial charge in [0.25, 0.3) is 0 Å². The molecule has 2 fully saturated rings. The first kappa shape index (κ1) is 17.2. The topological polar surface area (TPSA) is 80.9 Å². The number of benzene rings is 1. The lowest BCUT2D eigenvalue weighted by molar-refractivity contribution is -0.122. The van der Waals surface area contributed by atoms with E-state index in [4.69, 9.17) is 5.73 Å². The fraction of sp³-hybridized carbons (Fsp3) is 0.476. The highest BCUT2D eigenvalue weighted by atomic mass is 16.1. The Bertz CT molecular complexity index is 775. The number of carbonyl (C=O) groups excluding carboxylic acids is 1. The summed E-state index contributed by atoms with van der Waals surface area (Å²) in [7, 11) is 0. The van der Waals surface area contributed by atoms with Gasteiger partial charge in [0, 0.05) is 35.1 Å². The van der Waals surface area contributed by atoms with Crippen LogP contribution in [0.15, 0.2) is 36.5 Å².